The molecule has 0 aliphatic rings. The van der Waals surface area contributed by atoms with Gasteiger partial charge in [0.25, 0.3) is 0 Å². The molecule has 16 heavy (non-hydrogen) atoms. The van der Waals surface area contributed by atoms with Gasteiger partial charge in [0.2, 0.25) is 0 Å². The zero-order valence-corrected chi connectivity index (χ0v) is 9.92. The summed E-state index contributed by atoms with van der Waals surface area (Å²) >= 11 is 1.18. The van der Waals surface area contributed by atoms with E-state index in [1.807, 2.05) is 0 Å². The first-order chi connectivity index (χ1) is 7.67. The first-order valence-corrected chi connectivity index (χ1v) is 5.91. The van der Waals surface area contributed by atoms with Gasteiger partial charge in [0.05, 0.1) is 11.0 Å². The Morgan fingerprint density at radius 1 is 1.69 bits per heavy atom. The molecule has 4 nitrogen and oxygen atoms in total. The van der Waals surface area contributed by atoms with Gasteiger partial charge in [-0.05, 0) is 12.5 Å². The lowest BCUT2D eigenvalue weighted by Gasteiger charge is -2.10. The van der Waals surface area contributed by atoms with Crippen LogP contribution in [0.5, 0.6) is 0 Å². The lowest BCUT2D eigenvalue weighted by Crippen LogP contribution is -2.26. The number of thiophene rings is 1. The van der Waals surface area contributed by atoms with Crippen molar-refractivity contribution in [2.45, 2.75) is 32.4 Å². The Morgan fingerprint density at radius 2 is 2.44 bits per heavy atom. The second kappa shape index (κ2) is 6.26. The summed E-state index contributed by atoms with van der Waals surface area (Å²) in [7, 11) is 0. The van der Waals surface area contributed by atoms with E-state index < -0.39 is 0 Å². The summed E-state index contributed by atoms with van der Waals surface area (Å²) in [5, 5.41) is 13.8. The monoisotopic (exact) mass is 238 g/mol. The second-order valence-electron chi connectivity index (χ2n) is 3.39. The van der Waals surface area contributed by atoms with Crippen molar-refractivity contribution in [2.75, 3.05) is 0 Å². The van der Waals surface area contributed by atoms with Crippen LogP contribution in [0.15, 0.2) is 12.1 Å². The standard InChI is InChI=1S/C11H14N2O2S/c1-3-5-9(4-2)12-8-10-6-7-11(16-10)13(14)15/h2,6-7,9,12H,3,5,8H2,1H3. The quantitative estimate of drug-likeness (QED) is 0.471. The molecular formula is C11H14N2O2S. The fourth-order valence-corrected chi connectivity index (χ4v) is 2.09. The zero-order valence-electron chi connectivity index (χ0n) is 9.10. The molecule has 0 spiro atoms. The number of nitro groups is 1. The lowest BCUT2D eigenvalue weighted by atomic mass is 10.2. The summed E-state index contributed by atoms with van der Waals surface area (Å²) in [4.78, 5) is 11.0. The van der Waals surface area contributed by atoms with E-state index in [4.69, 9.17) is 6.42 Å². The van der Waals surface area contributed by atoms with Gasteiger partial charge in [-0.15, -0.1) is 6.42 Å². The van der Waals surface area contributed by atoms with Gasteiger partial charge in [0, 0.05) is 17.5 Å². The Hall–Kier alpha value is -1.38. The fourth-order valence-electron chi connectivity index (χ4n) is 1.32. The average Bonchev–Trinajstić information content (AvgIpc) is 2.73. The van der Waals surface area contributed by atoms with Crippen LogP contribution in [-0.4, -0.2) is 11.0 Å². The maximum absolute atomic E-state index is 10.5. The summed E-state index contributed by atoms with van der Waals surface area (Å²) in [5.74, 6) is 2.66. The minimum absolute atomic E-state index is 0.0474. The summed E-state index contributed by atoms with van der Waals surface area (Å²) in [6, 6.07) is 3.33. The van der Waals surface area contributed by atoms with Crippen LogP contribution in [0.1, 0.15) is 24.6 Å². The van der Waals surface area contributed by atoms with Crippen LogP contribution in [0.4, 0.5) is 5.00 Å². The van der Waals surface area contributed by atoms with Crippen LogP contribution in [0, 0.1) is 22.5 Å². The Bertz CT molecular complexity index is 395. The van der Waals surface area contributed by atoms with Crippen LogP contribution in [0.2, 0.25) is 0 Å². The van der Waals surface area contributed by atoms with E-state index >= 15 is 0 Å². The fraction of sp³-hybridized carbons (Fsp3) is 0.455. The van der Waals surface area contributed by atoms with Gasteiger partial charge in [-0.1, -0.05) is 30.6 Å². The van der Waals surface area contributed by atoms with Gasteiger partial charge in [0.1, 0.15) is 0 Å². The molecule has 1 atom stereocenters. The summed E-state index contributed by atoms with van der Waals surface area (Å²) < 4.78 is 0. The molecule has 0 aliphatic carbocycles. The first kappa shape index (κ1) is 12.7. The molecule has 86 valence electrons. The van der Waals surface area contributed by atoms with Gasteiger partial charge in [-0.25, -0.2) is 0 Å². The summed E-state index contributed by atoms with van der Waals surface area (Å²) in [6.07, 6.45) is 7.30. The van der Waals surface area contributed by atoms with Crippen molar-refractivity contribution in [1.82, 2.24) is 5.32 Å². The van der Waals surface area contributed by atoms with Crippen LogP contribution in [0.25, 0.3) is 0 Å². The predicted octanol–water partition coefficient (Wildman–Crippen LogP) is 2.55. The minimum atomic E-state index is -0.376. The molecule has 0 aliphatic heterocycles. The van der Waals surface area contributed by atoms with Gasteiger partial charge in [-0.3, -0.25) is 15.4 Å². The molecule has 0 radical (unpaired) electrons. The number of terminal acetylenes is 1. The van der Waals surface area contributed by atoms with Crippen molar-refractivity contribution in [3.63, 3.8) is 0 Å². The molecule has 1 unspecified atom stereocenters. The largest absolute Gasteiger partial charge is 0.324 e. The maximum Gasteiger partial charge on any atom is 0.324 e. The topological polar surface area (TPSA) is 55.2 Å². The SMILES string of the molecule is C#CC(CCC)NCc1ccc([N+](=O)[O-])s1. The normalized spacial score (nSPS) is 12.0. The van der Waals surface area contributed by atoms with E-state index in [-0.39, 0.29) is 16.0 Å². The highest BCUT2D eigenvalue weighted by molar-refractivity contribution is 7.15. The van der Waals surface area contributed by atoms with E-state index in [2.05, 4.69) is 18.2 Å². The molecule has 0 saturated carbocycles. The molecule has 1 aromatic rings. The van der Waals surface area contributed by atoms with E-state index in [1.54, 1.807) is 6.07 Å². The van der Waals surface area contributed by atoms with E-state index in [1.165, 1.54) is 17.4 Å². The zero-order chi connectivity index (χ0) is 12.0. The lowest BCUT2D eigenvalue weighted by molar-refractivity contribution is -0.380. The molecule has 0 bridgehead atoms. The van der Waals surface area contributed by atoms with E-state index in [0.29, 0.717) is 6.54 Å². The molecule has 0 fully saturated rings. The third-order valence-corrected chi connectivity index (χ3v) is 3.17. The summed E-state index contributed by atoms with van der Waals surface area (Å²) in [5.41, 5.74) is 0. The highest BCUT2D eigenvalue weighted by atomic mass is 32.1. The van der Waals surface area contributed by atoms with Crippen molar-refractivity contribution in [3.05, 3.63) is 27.1 Å². The van der Waals surface area contributed by atoms with Gasteiger partial charge in [0.15, 0.2) is 0 Å². The van der Waals surface area contributed by atoms with Crippen LogP contribution >= 0.6 is 11.3 Å². The summed E-state index contributed by atoms with van der Waals surface area (Å²) in [6.45, 7) is 2.66. The molecule has 5 heteroatoms. The highest BCUT2D eigenvalue weighted by Gasteiger charge is 2.10. The third kappa shape index (κ3) is 3.65. The van der Waals surface area contributed by atoms with Crippen molar-refractivity contribution >= 4 is 16.3 Å². The smallest absolute Gasteiger partial charge is 0.299 e. The number of nitrogens with zero attached hydrogens (tertiary/aromatic N) is 1. The number of rotatable bonds is 6. The van der Waals surface area contributed by atoms with Gasteiger partial charge < -0.3 is 0 Å². The molecular weight excluding hydrogens is 224 g/mol. The molecule has 0 amide bonds. The average molecular weight is 238 g/mol. The van der Waals surface area contributed by atoms with E-state index in [9.17, 15) is 10.1 Å². The van der Waals surface area contributed by atoms with Crippen molar-refractivity contribution < 1.29 is 4.92 Å². The number of hydrogen-bond acceptors (Lipinski definition) is 4. The molecule has 1 N–H and O–H groups in total. The first-order valence-electron chi connectivity index (χ1n) is 5.10. The Balaban J connectivity index is 2.48. The Kier molecular flexibility index (Phi) is 4.96. The second-order valence-corrected chi connectivity index (χ2v) is 4.53. The molecule has 1 rings (SSSR count). The molecule has 0 aromatic carbocycles. The Morgan fingerprint density at radius 3 is 2.94 bits per heavy atom. The number of nitrogens with one attached hydrogen (secondary N) is 1. The molecule has 1 heterocycles. The third-order valence-electron chi connectivity index (χ3n) is 2.13. The van der Waals surface area contributed by atoms with Crippen LogP contribution < -0.4 is 5.32 Å². The van der Waals surface area contributed by atoms with Crippen molar-refractivity contribution in [1.29, 1.82) is 0 Å². The van der Waals surface area contributed by atoms with Crippen molar-refractivity contribution in [3.8, 4) is 12.3 Å². The van der Waals surface area contributed by atoms with Crippen molar-refractivity contribution in [2.24, 2.45) is 0 Å². The van der Waals surface area contributed by atoms with Gasteiger partial charge in [-0.2, -0.15) is 0 Å². The van der Waals surface area contributed by atoms with Crippen LogP contribution in [-0.2, 0) is 6.54 Å². The Labute approximate surface area is 98.8 Å². The van der Waals surface area contributed by atoms with Gasteiger partial charge >= 0.3 is 5.00 Å². The minimum Gasteiger partial charge on any atom is -0.299 e. The molecule has 0 saturated heterocycles. The highest BCUT2D eigenvalue weighted by Crippen LogP contribution is 2.23. The predicted molar refractivity (Wildman–Crippen MR) is 65.3 cm³/mol. The molecule has 1 aromatic heterocycles. The van der Waals surface area contributed by atoms with Crippen LogP contribution in [0.3, 0.4) is 0 Å². The van der Waals surface area contributed by atoms with E-state index in [0.717, 1.165) is 17.7 Å². The maximum atomic E-state index is 10.5. The number of hydrogen-bond donors (Lipinski definition) is 1.